The standard InChI is InChI=1S/C31H43N5O3/c1-19(2)35-17-20-11-10-12-21(20)26(35)28(38)34(7)24(15-30(3,4)5)27(37)36-18-31(16-25(36)32-6)22-13-8-9-14-23(22)33-29(31)39/h8-9,13-14,19-21,24-26H,10-12,15-18H2,1-5,7H3,(H,33,39)/t20-,21-,24-,25-,26-,31-/m0/s1. The molecule has 1 aliphatic carbocycles. The third-order valence-corrected chi connectivity index (χ3v) is 9.64. The Morgan fingerprint density at radius 3 is 2.62 bits per heavy atom. The Morgan fingerprint density at radius 1 is 1.23 bits per heavy atom. The third kappa shape index (κ3) is 4.63. The quantitative estimate of drug-likeness (QED) is 0.578. The molecule has 3 amide bonds. The van der Waals surface area contributed by atoms with Crippen LogP contribution in [0.15, 0.2) is 24.3 Å². The number of rotatable bonds is 5. The van der Waals surface area contributed by atoms with Crippen molar-refractivity contribution in [3.05, 3.63) is 41.2 Å². The molecular weight excluding hydrogens is 490 g/mol. The molecule has 4 aliphatic rings. The van der Waals surface area contributed by atoms with Gasteiger partial charge in [0, 0.05) is 31.9 Å². The molecule has 3 aliphatic heterocycles. The summed E-state index contributed by atoms with van der Waals surface area (Å²) < 4.78 is 0. The average molecular weight is 534 g/mol. The molecule has 1 spiro atoms. The van der Waals surface area contributed by atoms with Crippen LogP contribution >= 0.6 is 0 Å². The van der Waals surface area contributed by atoms with Gasteiger partial charge < -0.3 is 10.2 Å². The molecule has 3 fully saturated rings. The van der Waals surface area contributed by atoms with E-state index in [0.717, 1.165) is 37.1 Å². The minimum atomic E-state index is -0.937. The fraction of sp³-hybridized carbons (Fsp3) is 0.677. The van der Waals surface area contributed by atoms with Gasteiger partial charge in [0.15, 0.2) is 0 Å². The number of carbonyl (C=O) groups excluding carboxylic acids is 3. The van der Waals surface area contributed by atoms with E-state index in [2.05, 4.69) is 49.7 Å². The van der Waals surface area contributed by atoms with Gasteiger partial charge in [0.2, 0.25) is 11.8 Å². The molecule has 1 saturated carbocycles. The van der Waals surface area contributed by atoms with Crippen LogP contribution in [0.25, 0.3) is 4.85 Å². The summed E-state index contributed by atoms with van der Waals surface area (Å²) in [4.78, 5) is 51.4. The lowest BCUT2D eigenvalue weighted by molar-refractivity contribution is -0.149. The lowest BCUT2D eigenvalue weighted by Crippen LogP contribution is -2.57. The molecule has 2 saturated heterocycles. The highest BCUT2D eigenvalue weighted by atomic mass is 16.2. The van der Waals surface area contributed by atoms with Crippen LogP contribution in [0.3, 0.4) is 0 Å². The molecule has 6 atom stereocenters. The molecule has 0 unspecified atom stereocenters. The smallest absolute Gasteiger partial charge is 0.302 e. The number of para-hydroxylation sites is 1. The van der Waals surface area contributed by atoms with E-state index in [0.29, 0.717) is 18.3 Å². The summed E-state index contributed by atoms with van der Waals surface area (Å²) in [5, 5.41) is 2.97. The first-order valence-electron chi connectivity index (χ1n) is 14.5. The second-order valence-electron chi connectivity index (χ2n) is 13.7. The third-order valence-electron chi connectivity index (χ3n) is 9.64. The van der Waals surface area contributed by atoms with Gasteiger partial charge in [-0.1, -0.05) is 45.4 Å². The van der Waals surface area contributed by atoms with Gasteiger partial charge in [-0.3, -0.25) is 29.0 Å². The minimum absolute atomic E-state index is 0.0120. The summed E-state index contributed by atoms with van der Waals surface area (Å²) in [5.41, 5.74) is 0.440. The Morgan fingerprint density at radius 2 is 1.95 bits per heavy atom. The summed E-state index contributed by atoms with van der Waals surface area (Å²) in [5.74, 6) is 0.496. The first-order valence-corrected chi connectivity index (χ1v) is 14.5. The van der Waals surface area contributed by atoms with Crippen LogP contribution in [0.1, 0.15) is 72.3 Å². The van der Waals surface area contributed by atoms with Gasteiger partial charge in [0.1, 0.15) is 11.5 Å². The van der Waals surface area contributed by atoms with Crippen molar-refractivity contribution in [2.45, 2.75) is 96.4 Å². The monoisotopic (exact) mass is 533 g/mol. The summed E-state index contributed by atoms with van der Waals surface area (Å²) in [7, 11) is 1.77. The topological polar surface area (TPSA) is 77.3 Å². The number of anilines is 1. The van der Waals surface area contributed by atoms with Crippen molar-refractivity contribution < 1.29 is 14.4 Å². The van der Waals surface area contributed by atoms with Crippen molar-refractivity contribution >= 4 is 23.4 Å². The van der Waals surface area contributed by atoms with E-state index >= 15 is 0 Å². The van der Waals surface area contributed by atoms with Gasteiger partial charge >= 0.3 is 6.17 Å². The lowest BCUT2D eigenvalue weighted by Gasteiger charge is -2.39. The highest BCUT2D eigenvalue weighted by molar-refractivity contribution is 6.07. The maximum absolute atomic E-state index is 14.4. The minimum Gasteiger partial charge on any atom is -0.332 e. The SMILES string of the molecule is [C-]#[N+][C@@H]1C[C@@]2(CN1C(=O)[C@H](CC(C)(C)C)N(C)C(=O)[C@@H]1[C@H]3CCC[C@H]3CN1C(C)C)C(=O)Nc1ccccc12. The molecule has 0 radical (unpaired) electrons. The number of hydrogen-bond donors (Lipinski definition) is 1. The Hall–Kier alpha value is -2.92. The van der Waals surface area contributed by atoms with Crippen LogP contribution in [0.4, 0.5) is 5.69 Å². The number of likely N-dealkylation sites (N-methyl/N-ethyl adjacent to an activating group) is 1. The predicted octanol–water partition coefficient (Wildman–Crippen LogP) is 4.13. The largest absolute Gasteiger partial charge is 0.332 e. The number of likely N-dealkylation sites (tertiary alicyclic amines) is 2. The van der Waals surface area contributed by atoms with Crippen LogP contribution in [-0.2, 0) is 19.8 Å². The highest BCUT2D eigenvalue weighted by Crippen LogP contribution is 2.47. The molecule has 3 heterocycles. The van der Waals surface area contributed by atoms with Crippen molar-refractivity contribution in [1.29, 1.82) is 0 Å². The van der Waals surface area contributed by atoms with Gasteiger partial charge in [-0.25, -0.2) is 6.57 Å². The van der Waals surface area contributed by atoms with Gasteiger partial charge in [-0.2, -0.15) is 0 Å². The molecule has 0 bridgehead atoms. The maximum atomic E-state index is 14.4. The lowest BCUT2D eigenvalue weighted by atomic mass is 9.80. The zero-order chi connectivity index (χ0) is 28.3. The summed E-state index contributed by atoms with van der Waals surface area (Å²) in [6.07, 6.45) is 3.37. The van der Waals surface area contributed by atoms with Crippen molar-refractivity contribution in [1.82, 2.24) is 14.7 Å². The van der Waals surface area contributed by atoms with E-state index in [1.807, 2.05) is 24.3 Å². The fourth-order valence-electron chi connectivity index (χ4n) is 7.67. The van der Waals surface area contributed by atoms with Crippen molar-refractivity contribution in [2.75, 3.05) is 25.5 Å². The molecule has 210 valence electrons. The van der Waals surface area contributed by atoms with E-state index in [1.165, 1.54) is 0 Å². The van der Waals surface area contributed by atoms with E-state index in [1.54, 1.807) is 16.8 Å². The zero-order valence-electron chi connectivity index (χ0n) is 24.2. The predicted molar refractivity (Wildman–Crippen MR) is 151 cm³/mol. The van der Waals surface area contributed by atoms with Gasteiger partial charge in [0.25, 0.3) is 5.91 Å². The summed E-state index contributed by atoms with van der Waals surface area (Å²) >= 11 is 0. The molecule has 5 rings (SSSR count). The van der Waals surface area contributed by atoms with E-state index in [9.17, 15) is 14.4 Å². The number of carbonyl (C=O) groups is 3. The first kappa shape index (κ1) is 27.6. The zero-order valence-corrected chi connectivity index (χ0v) is 24.2. The second kappa shape index (κ2) is 9.92. The first-order chi connectivity index (χ1) is 18.4. The summed E-state index contributed by atoms with van der Waals surface area (Å²) in [6.45, 7) is 19.5. The maximum Gasteiger partial charge on any atom is 0.302 e. The fourth-order valence-corrected chi connectivity index (χ4v) is 7.67. The Balaban J connectivity index is 1.46. The average Bonchev–Trinajstić information content (AvgIpc) is 3.63. The number of nitrogens with one attached hydrogen (secondary N) is 1. The van der Waals surface area contributed by atoms with Crippen molar-refractivity contribution in [3.8, 4) is 0 Å². The van der Waals surface area contributed by atoms with E-state index < -0.39 is 17.6 Å². The molecule has 39 heavy (non-hydrogen) atoms. The van der Waals surface area contributed by atoms with Gasteiger partial charge in [-0.15, -0.1) is 0 Å². The Bertz CT molecular complexity index is 1200. The molecule has 8 nitrogen and oxygen atoms in total. The van der Waals surface area contributed by atoms with Crippen LogP contribution < -0.4 is 5.32 Å². The van der Waals surface area contributed by atoms with Gasteiger partial charge in [-0.05, 0) is 62.0 Å². The van der Waals surface area contributed by atoms with Crippen molar-refractivity contribution in [2.24, 2.45) is 17.3 Å². The normalized spacial score (nSPS) is 30.8. The molecule has 1 aromatic rings. The second-order valence-corrected chi connectivity index (χ2v) is 13.7. The number of hydrogen-bond acceptors (Lipinski definition) is 4. The van der Waals surface area contributed by atoms with Crippen molar-refractivity contribution in [3.63, 3.8) is 0 Å². The molecule has 0 aromatic heterocycles. The Kier molecular flexibility index (Phi) is 7.03. The number of nitrogens with zero attached hydrogens (tertiary/aromatic N) is 4. The van der Waals surface area contributed by atoms with Crippen LogP contribution in [-0.4, -0.2) is 76.8 Å². The number of benzene rings is 1. The Labute approximate surface area is 232 Å². The molecular formula is C31H43N5O3. The van der Waals surface area contributed by atoms with Gasteiger partial charge in [0.05, 0.1) is 12.5 Å². The van der Waals surface area contributed by atoms with E-state index in [-0.39, 0.29) is 48.2 Å². The van der Waals surface area contributed by atoms with Crippen LogP contribution in [0.2, 0.25) is 0 Å². The number of fused-ring (bicyclic) bond motifs is 3. The molecule has 8 heteroatoms. The van der Waals surface area contributed by atoms with Crippen LogP contribution in [0.5, 0.6) is 0 Å². The van der Waals surface area contributed by atoms with Crippen LogP contribution in [0, 0.1) is 23.8 Å². The summed E-state index contributed by atoms with van der Waals surface area (Å²) in [6, 6.07) is 6.89. The molecule has 1 N–H and O–H groups in total. The highest BCUT2D eigenvalue weighted by Gasteiger charge is 2.59. The number of amides is 3. The van der Waals surface area contributed by atoms with E-state index in [4.69, 9.17) is 6.57 Å². The molecule has 1 aromatic carbocycles.